The van der Waals surface area contributed by atoms with Crippen molar-refractivity contribution in [2.75, 3.05) is 18.0 Å². The van der Waals surface area contributed by atoms with Gasteiger partial charge in [-0.3, -0.25) is 9.59 Å². The van der Waals surface area contributed by atoms with Crippen molar-refractivity contribution in [3.63, 3.8) is 0 Å². The number of fused-ring (bicyclic) bond motifs is 1. The van der Waals surface area contributed by atoms with E-state index in [9.17, 15) is 9.59 Å². The molecule has 1 atom stereocenters. The van der Waals surface area contributed by atoms with Gasteiger partial charge in [-0.05, 0) is 25.0 Å². The Morgan fingerprint density at radius 1 is 1.35 bits per heavy atom. The van der Waals surface area contributed by atoms with Crippen molar-refractivity contribution in [3.8, 4) is 0 Å². The molecule has 2 N–H and O–H groups in total. The van der Waals surface area contributed by atoms with Crippen LogP contribution in [-0.2, 0) is 7.05 Å². The molecule has 0 aliphatic carbocycles. The number of benzene rings is 1. The number of carbonyl (C=O) groups excluding carboxylic acids is 1. The van der Waals surface area contributed by atoms with Crippen LogP contribution in [0.15, 0.2) is 47.5 Å². The molecule has 1 aromatic carbocycles. The molecule has 134 valence electrons. The van der Waals surface area contributed by atoms with Crippen LogP contribution in [0.3, 0.4) is 0 Å². The Hall–Kier alpha value is -3.09. The maximum atomic E-state index is 12.6. The smallest absolute Gasteiger partial charge is 0.293 e. The van der Waals surface area contributed by atoms with Crippen molar-refractivity contribution in [2.45, 2.75) is 18.9 Å². The number of piperidine rings is 1. The number of carbonyl (C=O) groups is 1. The minimum atomic E-state index is -0.123. The molecule has 1 aliphatic heterocycles. The predicted octanol–water partition coefficient (Wildman–Crippen LogP) is 1.66. The first-order chi connectivity index (χ1) is 12.6. The van der Waals surface area contributed by atoms with E-state index in [1.165, 1.54) is 4.57 Å². The third-order valence-corrected chi connectivity index (χ3v) is 4.83. The number of aromatic nitrogens is 3. The number of amides is 1. The second-order valence-electron chi connectivity index (χ2n) is 6.70. The standard InChI is InChI=1S/C19H21N5O2/c1-23-10-8-20-17(19(23)26)24-9-4-6-14(12-24)21-18(25)16-11-13-5-2-3-7-15(13)22-16/h2-3,5,7-8,10-11,14,22H,4,6,9,12H2,1H3,(H,21,25)/t14-/m1/s1. The van der Waals surface area contributed by atoms with Gasteiger partial charge in [0.2, 0.25) is 0 Å². The summed E-state index contributed by atoms with van der Waals surface area (Å²) >= 11 is 0. The molecule has 26 heavy (non-hydrogen) atoms. The number of rotatable bonds is 3. The van der Waals surface area contributed by atoms with Gasteiger partial charge in [0.15, 0.2) is 5.82 Å². The summed E-state index contributed by atoms with van der Waals surface area (Å²) in [5.74, 6) is 0.321. The van der Waals surface area contributed by atoms with Gasteiger partial charge in [0.1, 0.15) is 5.69 Å². The second kappa shape index (κ2) is 6.67. The van der Waals surface area contributed by atoms with Gasteiger partial charge in [-0.25, -0.2) is 4.98 Å². The van der Waals surface area contributed by atoms with E-state index in [1.54, 1.807) is 19.4 Å². The van der Waals surface area contributed by atoms with E-state index in [-0.39, 0.29) is 17.5 Å². The fourth-order valence-electron chi connectivity index (χ4n) is 3.45. The van der Waals surface area contributed by atoms with Crippen LogP contribution in [0.4, 0.5) is 5.82 Å². The fourth-order valence-corrected chi connectivity index (χ4v) is 3.45. The van der Waals surface area contributed by atoms with E-state index in [2.05, 4.69) is 15.3 Å². The number of nitrogens with zero attached hydrogens (tertiary/aromatic N) is 3. The van der Waals surface area contributed by atoms with Gasteiger partial charge < -0.3 is 19.8 Å². The molecule has 1 fully saturated rings. The van der Waals surface area contributed by atoms with Crippen molar-refractivity contribution in [1.82, 2.24) is 19.9 Å². The number of H-pyrrole nitrogens is 1. The summed E-state index contributed by atoms with van der Waals surface area (Å²) in [5.41, 5.74) is 1.38. The average molecular weight is 351 g/mol. The largest absolute Gasteiger partial charge is 0.351 e. The Morgan fingerprint density at radius 3 is 3.04 bits per heavy atom. The lowest BCUT2D eigenvalue weighted by molar-refractivity contribution is 0.0929. The lowest BCUT2D eigenvalue weighted by Gasteiger charge is -2.33. The van der Waals surface area contributed by atoms with Gasteiger partial charge in [0, 0.05) is 49.5 Å². The van der Waals surface area contributed by atoms with E-state index in [4.69, 9.17) is 0 Å². The first kappa shape index (κ1) is 16.4. The van der Waals surface area contributed by atoms with E-state index >= 15 is 0 Å². The maximum Gasteiger partial charge on any atom is 0.293 e. The molecule has 0 spiro atoms. The van der Waals surface area contributed by atoms with Crippen LogP contribution in [0.2, 0.25) is 0 Å². The number of hydrogen-bond acceptors (Lipinski definition) is 4. The van der Waals surface area contributed by atoms with Crippen molar-refractivity contribution < 1.29 is 4.79 Å². The molecule has 0 radical (unpaired) electrons. The first-order valence-corrected chi connectivity index (χ1v) is 8.77. The third kappa shape index (κ3) is 3.08. The number of anilines is 1. The molecule has 7 nitrogen and oxygen atoms in total. The van der Waals surface area contributed by atoms with Crippen LogP contribution in [0.1, 0.15) is 23.3 Å². The molecular weight excluding hydrogens is 330 g/mol. The molecule has 2 aromatic heterocycles. The number of para-hydroxylation sites is 1. The van der Waals surface area contributed by atoms with E-state index < -0.39 is 0 Å². The van der Waals surface area contributed by atoms with Gasteiger partial charge in [-0.15, -0.1) is 0 Å². The van der Waals surface area contributed by atoms with Gasteiger partial charge in [0.25, 0.3) is 11.5 Å². The van der Waals surface area contributed by atoms with Crippen LogP contribution in [0.5, 0.6) is 0 Å². The summed E-state index contributed by atoms with van der Waals surface area (Å²) in [4.78, 5) is 34.2. The van der Waals surface area contributed by atoms with Gasteiger partial charge in [0.05, 0.1) is 0 Å². The maximum absolute atomic E-state index is 12.6. The first-order valence-electron chi connectivity index (χ1n) is 8.77. The molecule has 4 rings (SSSR count). The predicted molar refractivity (Wildman–Crippen MR) is 100 cm³/mol. The molecule has 1 aliphatic rings. The summed E-state index contributed by atoms with van der Waals surface area (Å²) in [6, 6.07) is 9.65. The highest BCUT2D eigenvalue weighted by atomic mass is 16.2. The molecule has 7 heteroatoms. The van der Waals surface area contributed by atoms with Crippen LogP contribution in [0.25, 0.3) is 10.9 Å². The summed E-state index contributed by atoms with van der Waals surface area (Å²) in [5, 5.41) is 4.10. The lowest BCUT2D eigenvalue weighted by atomic mass is 10.1. The highest BCUT2D eigenvalue weighted by Gasteiger charge is 2.25. The number of nitrogens with one attached hydrogen (secondary N) is 2. The summed E-state index contributed by atoms with van der Waals surface area (Å²) in [6.45, 7) is 1.35. The quantitative estimate of drug-likeness (QED) is 0.752. The zero-order valence-electron chi connectivity index (χ0n) is 14.6. The number of aromatic amines is 1. The van der Waals surface area contributed by atoms with Crippen LogP contribution in [-0.4, -0.2) is 39.6 Å². The third-order valence-electron chi connectivity index (χ3n) is 4.83. The van der Waals surface area contributed by atoms with E-state index in [0.717, 1.165) is 30.3 Å². The minimum absolute atomic E-state index is 0.0191. The zero-order chi connectivity index (χ0) is 18.1. The summed E-state index contributed by atoms with van der Waals surface area (Å²) in [6.07, 6.45) is 5.06. The SMILES string of the molecule is Cn1ccnc(N2CCC[C@@H](NC(=O)c3cc4ccccc4[nH]3)C2)c1=O. The topological polar surface area (TPSA) is 83.0 Å². The highest BCUT2D eigenvalue weighted by Crippen LogP contribution is 2.17. The van der Waals surface area contributed by atoms with Crippen LogP contribution in [0, 0.1) is 0 Å². The van der Waals surface area contributed by atoms with Crippen LogP contribution >= 0.6 is 0 Å². The summed E-state index contributed by atoms with van der Waals surface area (Å²) in [7, 11) is 1.71. The molecule has 1 amide bonds. The number of aryl methyl sites for hydroxylation is 1. The molecule has 0 unspecified atom stereocenters. The van der Waals surface area contributed by atoms with Crippen molar-refractivity contribution in [3.05, 3.63) is 58.8 Å². The lowest BCUT2D eigenvalue weighted by Crippen LogP contribution is -2.49. The Morgan fingerprint density at radius 2 is 2.19 bits per heavy atom. The zero-order valence-corrected chi connectivity index (χ0v) is 14.6. The van der Waals surface area contributed by atoms with Crippen molar-refractivity contribution in [1.29, 1.82) is 0 Å². The van der Waals surface area contributed by atoms with E-state index in [0.29, 0.717) is 18.1 Å². The second-order valence-corrected chi connectivity index (χ2v) is 6.70. The van der Waals surface area contributed by atoms with E-state index in [1.807, 2.05) is 35.2 Å². The van der Waals surface area contributed by atoms with Crippen molar-refractivity contribution in [2.24, 2.45) is 7.05 Å². The average Bonchev–Trinajstić information content (AvgIpc) is 3.09. The molecule has 0 saturated carbocycles. The van der Waals surface area contributed by atoms with Gasteiger partial charge >= 0.3 is 0 Å². The Labute approximate surface area is 150 Å². The van der Waals surface area contributed by atoms with Gasteiger partial charge in [-0.2, -0.15) is 0 Å². The molecule has 3 aromatic rings. The molecule has 0 bridgehead atoms. The monoisotopic (exact) mass is 351 g/mol. The van der Waals surface area contributed by atoms with Gasteiger partial charge in [-0.1, -0.05) is 18.2 Å². The molecule has 1 saturated heterocycles. The minimum Gasteiger partial charge on any atom is -0.351 e. The van der Waals surface area contributed by atoms with Crippen LogP contribution < -0.4 is 15.8 Å². The highest BCUT2D eigenvalue weighted by molar-refractivity contribution is 5.98. The Balaban J connectivity index is 1.48. The normalized spacial score (nSPS) is 17.4. The van der Waals surface area contributed by atoms with Crippen molar-refractivity contribution >= 4 is 22.6 Å². The Bertz CT molecular complexity index is 973. The fraction of sp³-hybridized carbons (Fsp3) is 0.316. The number of hydrogen-bond donors (Lipinski definition) is 2. The molecule has 3 heterocycles. The Kier molecular flexibility index (Phi) is 4.20. The molecular formula is C19H21N5O2. The summed E-state index contributed by atoms with van der Waals surface area (Å²) < 4.78 is 1.52.